The number of rotatable bonds is 6. The quantitative estimate of drug-likeness (QED) is 0.728. The number of carbonyl (C=O) groups is 2. The van der Waals surface area contributed by atoms with E-state index >= 15 is 0 Å². The van der Waals surface area contributed by atoms with Gasteiger partial charge in [0.2, 0.25) is 11.8 Å². The Balaban J connectivity index is 2.11. The summed E-state index contributed by atoms with van der Waals surface area (Å²) in [5, 5.41) is 5.87. The number of hydrogen-bond donors (Lipinski definition) is 2. The summed E-state index contributed by atoms with van der Waals surface area (Å²) in [4.78, 5) is 25.6. The second kappa shape index (κ2) is 8.38. The summed E-state index contributed by atoms with van der Waals surface area (Å²) in [6, 6.07) is 13.9. The third-order valence-electron chi connectivity index (χ3n) is 4.84. The highest BCUT2D eigenvalue weighted by molar-refractivity contribution is 6.10. The Morgan fingerprint density at radius 2 is 1.67 bits per heavy atom. The van der Waals surface area contributed by atoms with E-state index in [1.165, 1.54) is 0 Å². The number of nitrogens with one attached hydrogen (secondary N) is 2. The number of aryl methyl sites for hydroxylation is 2. The van der Waals surface area contributed by atoms with Crippen molar-refractivity contribution in [1.82, 2.24) is 5.32 Å². The highest BCUT2D eigenvalue weighted by Crippen LogP contribution is 2.29. The van der Waals surface area contributed by atoms with Gasteiger partial charge in [0.05, 0.1) is 0 Å². The minimum atomic E-state index is -1.18. The van der Waals surface area contributed by atoms with Gasteiger partial charge in [0.15, 0.2) is 0 Å². The first-order valence-corrected chi connectivity index (χ1v) is 9.37. The van der Waals surface area contributed by atoms with E-state index in [9.17, 15) is 9.59 Å². The van der Waals surface area contributed by atoms with Gasteiger partial charge in [-0.2, -0.15) is 0 Å². The summed E-state index contributed by atoms with van der Waals surface area (Å²) in [6.07, 6.45) is 0. The topological polar surface area (TPSA) is 58.2 Å². The lowest BCUT2D eigenvalue weighted by atomic mass is 9.90. The van der Waals surface area contributed by atoms with E-state index in [0.717, 1.165) is 27.9 Å². The highest BCUT2D eigenvalue weighted by Gasteiger charge is 2.36. The minimum absolute atomic E-state index is 0.276. The number of para-hydroxylation sites is 1. The number of amides is 2. The lowest BCUT2D eigenvalue weighted by Gasteiger charge is -2.25. The summed E-state index contributed by atoms with van der Waals surface area (Å²) in [5.41, 5.74) is 3.84. The van der Waals surface area contributed by atoms with Crippen molar-refractivity contribution in [3.05, 3.63) is 64.7 Å². The molecule has 0 atom stereocenters. The third-order valence-corrected chi connectivity index (χ3v) is 4.84. The van der Waals surface area contributed by atoms with Gasteiger partial charge in [-0.15, -0.1) is 0 Å². The normalized spacial score (nSPS) is 11.4. The molecule has 0 aromatic heterocycles. The Morgan fingerprint density at radius 1 is 1.00 bits per heavy atom. The molecule has 0 spiro atoms. The Bertz CT molecular complexity index is 838. The van der Waals surface area contributed by atoms with Crippen molar-refractivity contribution in [3.8, 4) is 0 Å². The maximum Gasteiger partial charge on any atom is 0.239 e. The summed E-state index contributed by atoms with van der Waals surface area (Å²) >= 11 is 0. The van der Waals surface area contributed by atoms with Gasteiger partial charge in [-0.3, -0.25) is 9.59 Å². The molecule has 0 bridgehead atoms. The Kier molecular flexibility index (Phi) is 6.42. The van der Waals surface area contributed by atoms with E-state index in [2.05, 4.69) is 24.5 Å². The average molecular weight is 367 g/mol. The van der Waals surface area contributed by atoms with Crippen LogP contribution in [0.4, 0.5) is 5.69 Å². The predicted octanol–water partition coefficient (Wildman–Crippen LogP) is 4.71. The Morgan fingerprint density at radius 3 is 2.30 bits per heavy atom. The number of anilines is 1. The first-order chi connectivity index (χ1) is 12.6. The van der Waals surface area contributed by atoms with Crippen molar-refractivity contribution in [2.24, 2.45) is 5.41 Å². The molecule has 0 aliphatic heterocycles. The van der Waals surface area contributed by atoms with Crippen LogP contribution in [0.2, 0.25) is 0 Å². The molecule has 0 radical (unpaired) electrons. The first kappa shape index (κ1) is 20.7. The molecule has 2 amide bonds. The van der Waals surface area contributed by atoms with Crippen LogP contribution in [0.1, 0.15) is 55.9 Å². The van der Waals surface area contributed by atoms with Gasteiger partial charge in [0, 0.05) is 12.2 Å². The van der Waals surface area contributed by atoms with E-state index < -0.39 is 5.41 Å². The van der Waals surface area contributed by atoms with Crippen LogP contribution in [0.15, 0.2) is 42.5 Å². The number of carbonyl (C=O) groups excluding carboxylic acids is 2. The molecular weight excluding hydrogens is 336 g/mol. The van der Waals surface area contributed by atoms with Crippen molar-refractivity contribution < 1.29 is 9.59 Å². The Labute approximate surface area is 162 Å². The van der Waals surface area contributed by atoms with Crippen molar-refractivity contribution >= 4 is 17.5 Å². The van der Waals surface area contributed by atoms with Crippen molar-refractivity contribution in [1.29, 1.82) is 0 Å². The summed E-state index contributed by atoms with van der Waals surface area (Å²) in [7, 11) is 0. The van der Waals surface area contributed by atoms with Gasteiger partial charge in [-0.05, 0) is 50.3 Å². The van der Waals surface area contributed by atoms with Crippen LogP contribution >= 0.6 is 0 Å². The number of hydrogen-bond acceptors (Lipinski definition) is 2. The fourth-order valence-electron chi connectivity index (χ4n) is 2.94. The molecule has 2 rings (SSSR count). The largest absolute Gasteiger partial charge is 0.351 e. The third kappa shape index (κ3) is 4.97. The fraction of sp³-hybridized carbons (Fsp3) is 0.391. The van der Waals surface area contributed by atoms with Crippen molar-refractivity contribution in [3.63, 3.8) is 0 Å². The first-order valence-electron chi connectivity index (χ1n) is 9.37. The molecule has 0 heterocycles. The van der Waals surface area contributed by atoms with Gasteiger partial charge in [0.25, 0.3) is 0 Å². The lowest BCUT2D eigenvalue weighted by molar-refractivity contribution is -0.138. The standard InChI is InChI=1S/C23H30N2O2/c1-15(2)19-12-8-10-17(4)20(19)25-22(27)23(5,6)21(26)24-14-18-11-7-9-16(3)13-18/h7-13,15H,14H2,1-6H3,(H,24,26)(H,25,27). The smallest absolute Gasteiger partial charge is 0.239 e. The molecule has 0 aliphatic rings. The maximum absolute atomic E-state index is 12.9. The molecule has 2 aromatic carbocycles. The van der Waals surface area contributed by atoms with Crippen LogP contribution in [0.3, 0.4) is 0 Å². The van der Waals surface area contributed by atoms with Gasteiger partial charge < -0.3 is 10.6 Å². The molecule has 0 saturated heterocycles. The zero-order valence-corrected chi connectivity index (χ0v) is 17.1. The molecule has 0 unspecified atom stereocenters. The van der Waals surface area contributed by atoms with Gasteiger partial charge in [-0.25, -0.2) is 0 Å². The molecule has 27 heavy (non-hydrogen) atoms. The average Bonchev–Trinajstić information content (AvgIpc) is 2.60. The molecule has 0 aliphatic carbocycles. The minimum Gasteiger partial charge on any atom is -0.351 e. The maximum atomic E-state index is 12.9. The zero-order chi connectivity index (χ0) is 20.2. The summed E-state index contributed by atoms with van der Waals surface area (Å²) in [5.74, 6) is -0.319. The molecule has 0 saturated carbocycles. The molecule has 0 fully saturated rings. The van der Waals surface area contributed by atoms with Crippen LogP contribution < -0.4 is 10.6 Å². The van der Waals surface area contributed by atoms with Crippen LogP contribution in [-0.2, 0) is 16.1 Å². The molecule has 2 N–H and O–H groups in total. The van der Waals surface area contributed by atoms with E-state index in [1.807, 2.05) is 56.3 Å². The lowest BCUT2D eigenvalue weighted by Crippen LogP contribution is -2.45. The molecular formula is C23H30N2O2. The fourth-order valence-corrected chi connectivity index (χ4v) is 2.94. The molecule has 2 aromatic rings. The second-order valence-electron chi connectivity index (χ2n) is 7.94. The van der Waals surface area contributed by atoms with E-state index in [0.29, 0.717) is 6.54 Å². The van der Waals surface area contributed by atoms with E-state index in [-0.39, 0.29) is 17.7 Å². The van der Waals surface area contributed by atoms with Crippen LogP contribution in [0.5, 0.6) is 0 Å². The van der Waals surface area contributed by atoms with Gasteiger partial charge in [-0.1, -0.05) is 61.9 Å². The number of benzene rings is 2. The molecule has 4 nitrogen and oxygen atoms in total. The second-order valence-corrected chi connectivity index (χ2v) is 7.94. The van der Waals surface area contributed by atoms with E-state index in [4.69, 9.17) is 0 Å². The highest BCUT2D eigenvalue weighted by atomic mass is 16.2. The summed E-state index contributed by atoms with van der Waals surface area (Å²) in [6.45, 7) is 11.9. The van der Waals surface area contributed by atoms with Gasteiger partial charge >= 0.3 is 0 Å². The Hall–Kier alpha value is -2.62. The monoisotopic (exact) mass is 366 g/mol. The zero-order valence-electron chi connectivity index (χ0n) is 17.1. The van der Waals surface area contributed by atoms with Crippen LogP contribution in [-0.4, -0.2) is 11.8 Å². The SMILES string of the molecule is Cc1cccc(CNC(=O)C(C)(C)C(=O)Nc2c(C)cccc2C(C)C)c1. The van der Waals surface area contributed by atoms with Crippen LogP contribution in [0, 0.1) is 19.3 Å². The van der Waals surface area contributed by atoms with Crippen molar-refractivity contribution in [2.75, 3.05) is 5.32 Å². The molecule has 144 valence electrons. The van der Waals surface area contributed by atoms with Crippen LogP contribution in [0.25, 0.3) is 0 Å². The van der Waals surface area contributed by atoms with Crippen molar-refractivity contribution in [2.45, 2.75) is 54.0 Å². The predicted molar refractivity (Wildman–Crippen MR) is 111 cm³/mol. The van der Waals surface area contributed by atoms with E-state index in [1.54, 1.807) is 13.8 Å². The van der Waals surface area contributed by atoms with Gasteiger partial charge in [0.1, 0.15) is 5.41 Å². The summed E-state index contributed by atoms with van der Waals surface area (Å²) < 4.78 is 0. The molecule has 4 heteroatoms.